The smallest absolute Gasteiger partial charge is 0.338 e. The lowest BCUT2D eigenvalue weighted by Gasteiger charge is -2.35. The number of aliphatic imine (C=N–C) groups is 1. The predicted molar refractivity (Wildman–Crippen MR) is 107 cm³/mol. The summed E-state index contributed by atoms with van der Waals surface area (Å²) < 4.78 is 5.36. The first kappa shape index (κ1) is 16.9. The van der Waals surface area contributed by atoms with Crippen LogP contribution >= 0.6 is 11.8 Å². The number of hydrogen-bond donors (Lipinski definition) is 0. The van der Waals surface area contributed by atoms with E-state index in [0.29, 0.717) is 12.2 Å². The third kappa shape index (κ3) is 2.72. The van der Waals surface area contributed by atoms with Crippen molar-refractivity contribution in [2.75, 3.05) is 6.61 Å². The maximum absolute atomic E-state index is 12.7. The summed E-state index contributed by atoms with van der Waals surface area (Å²) in [6.45, 7) is 6.11. The summed E-state index contributed by atoms with van der Waals surface area (Å²) in [5, 5.41) is 5.32. The van der Waals surface area contributed by atoms with Gasteiger partial charge in [-0.25, -0.2) is 9.79 Å². The first-order valence-corrected chi connectivity index (χ1v) is 9.56. The summed E-state index contributed by atoms with van der Waals surface area (Å²) in [6, 6.07) is 14.4. The van der Waals surface area contributed by atoms with Gasteiger partial charge in [0.15, 0.2) is 5.17 Å². The third-order valence-electron chi connectivity index (χ3n) is 4.69. The number of rotatable bonds is 3. The van der Waals surface area contributed by atoms with Crippen LogP contribution in [0.3, 0.4) is 0 Å². The molecule has 0 aliphatic carbocycles. The van der Waals surface area contributed by atoms with E-state index < -0.39 is 0 Å². The van der Waals surface area contributed by atoms with Crippen molar-refractivity contribution >= 4 is 33.7 Å². The van der Waals surface area contributed by atoms with Crippen molar-refractivity contribution in [2.45, 2.75) is 26.8 Å². The third-order valence-corrected chi connectivity index (χ3v) is 5.65. The first-order chi connectivity index (χ1) is 12.6. The van der Waals surface area contributed by atoms with Gasteiger partial charge in [0.05, 0.1) is 23.9 Å². The van der Waals surface area contributed by atoms with Crippen molar-refractivity contribution < 1.29 is 9.53 Å². The molecule has 0 spiro atoms. The molecule has 0 saturated heterocycles. The molecule has 4 nitrogen and oxygen atoms in total. The fourth-order valence-electron chi connectivity index (χ4n) is 3.49. The van der Waals surface area contributed by atoms with Gasteiger partial charge in [0.1, 0.15) is 0 Å². The summed E-state index contributed by atoms with van der Waals surface area (Å²) in [7, 11) is 0. The molecule has 0 amide bonds. The first-order valence-electron chi connectivity index (χ1n) is 8.68. The molecule has 0 fully saturated rings. The summed E-state index contributed by atoms with van der Waals surface area (Å²) in [6.07, 6.45) is 0. The molecule has 2 heterocycles. The lowest BCUT2D eigenvalue weighted by atomic mass is 9.92. The molecule has 2 aromatic rings. The van der Waals surface area contributed by atoms with Gasteiger partial charge in [0.2, 0.25) is 0 Å². The van der Waals surface area contributed by atoms with Crippen LogP contribution in [-0.4, -0.2) is 22.6 Å². The average Bonchev–Trinajstić information content (AvgIpc) is 3.00. The van der Waals surface area contributed by atoms with Crippen LogP contribution in [-0.2, 0) is 9.53 Å². The van der Waals surface area contributed by atoms with E-state index in [9.17, 15) is 4.79 Å². The van der Waals surface area contributed by atoms with Crippen LogP contribution in [0.5, 0.6) is 0 Å². The molecule has 0 N–H and O–H groups in total. The zero-order valence-corrected chi connectivity index (χ0v) is 15.8. The Balaban J connectivity index is 1.89. The topological polar surface area (TPSA) is 41.9 Å². The van der Waals surface area contributed by atoms with Crippen LogP contribution in [0, 0.1) is 0 Å². The monoisotopic (exact) mass is 364 g/mol. The number of carbonyl (C=O) groups excluding carboxylic acids is 1. The second kappa shape index (κ2) is 6.65. The SMILES string of the molecule is CCOC(=O)C1=C(C)N=C2SC=C(C)N2C1c1ccc2ccccc2c1. The van der Waals surface area contributed by atoms with E-state index in [0.717, 1.165) is 27.5 Å². The van der Waals surface area contributed by atoms with E-state index >= 15 is 0 Å². The van der Waals surface area contributed by atoms with E-state index in [4.69, 9.17) is 4.74 Å². The van der Waals surface area contributed by atoms with Gasteiger partial charge in [0.25, 0.3) is 0 Å². The number of fused-ring (bicyclic) bond motifs is 2. The number of benzene rings is 2. The van der Waals surface area contributed by atoms with E-state index in [-0.39, 0.29) is 12.0 Å². The van der Waals surface area contributed by atoms with Crippen LogP contribution in [0.15, 0.2) is 69.8 Å². The number of amidine groups is 1. The van der Waals surface area contributed by atoms with Gasteiger partial charge in [-0.1, -0.05) is 48.2 Å². The predicted octanol–water partition coefficient (Wildman–Crippen LogP) is 5.00. The maximum atomic E-state index is 12.7. The van der Waals surface area contributed by atoms with E-state index in [1.54, 1.807) is 11.8 Å². The standard InChI is InChI=1S/C21H20N2O2S/c1-4-25-20(24)18-14(3)22-21-23(13(2)12-26-21)19(18)17-10-9-15-7-5-6-8-16(15)11-17/h5-12,19H,4H2,1-3H3. The molecule has 26 heavy (non-hydrogen) atoms. The molecular formula is C21H20N2O2S. The molecule has 132 valence electrons. The van der Waals surface area contributed by atoms with Crippen molar-refractivity contribution in [3.63, 3.8) is 0 Å². The molecule has 2 aliphatic rings. The maximum Gasteiger partial charge on any atom is 0.338 e. The highest BCUT2D eigenvalue weighted by Crippen LogP contribution is 2.44. The second-order valence-electron chi connectivity index (χ2n) is 6.37. The van der Waals surface area contributed by atoms with E-state index in [1.165, 1.54) is 5.39 Å². The Morgan fingerprint density at radius 2 is 1.96 bits per heavy atom. The Hall–Kier alpha value is -2.53. The van der Waals surface area contributed by atoms with Crippen LogP contribution in [0.2, 0.25) is 0 Å². The highest BCUT2D eigenvalue weighted by Gasteiger charge is 2.39. The van der Waals surface area contributed by atoms with E-state index in [1.807, 2.05) is 32.9 Å². The summed E-state index contributed by atoms with van der Waals surface area (Å²) in [5.41, 5.74) is 3.49. The summed E-state index contributed by atoms with van der Waals surface area (Å²) >= 11 is 1.59. The average molecular weight is 364 g/mol. The number of allylic oxidation sites excluding steroid dienone is 2. The van der Waals surface area contributed by atoms with Gasteiger partial charge in [-0.2, -0.15) is 0 Å². The molecule has 0 bridgehead atoms. The van der Waals surface area contributed by atoms with Gasteiger partial charge in [-0.05, 0) is 48.6 Å². The number of nitrogens with zero attached hydrogens (tertiary/aromatic N) is 2. The molecule has 1 unspecified atom stereocenters. The zero-order chi connectivity index (χ0) is 18.3. The van der Waals surface area contributed by atoms with E-state index in [2.05, 4.69) is 45.6 Å². The normalized spacial score (nSPS) is 19.3. The Morgan fingerprint density at radius 1 is 1.19 bits per heavy atom. The highest BCUT2D eigenvalue weighted by atomic mass is 32.2. The molecule has 4 rings (SSSR count). The summed E-state index contributed by atoms with van der Waals surface area (Å²) in [4.78, 5) is 19.5. The van der Waals surface area contributed by atoms with Gasteiger partial charge in [-0.15, -0.1) is 0 Å². The molecule has 2 aliphatic heterocycles. The van der Waals surface area contributed by atoms with Gasteiger partial charge >= 0.3 is 5.97 Å². The van der Waals surface area contributed by atoms with Crippen molar-refractivity contribution in [2.24, 2.45) is 4.99 Å². The van der Waals surface area contributed by atoms with Gasteiger partial charge < -0.3 is 9.64 Å². The fraction of sp³-hybridized carbons (Fsp3) is 0.238. The Kier molecular flexibility index (Phi) is 4.32. The number of thioether (sulfide) groups is 1. The van der Waals surface area contributed by atoms with Crippen molar-refractivity contribution in [3.8, 4) is 0 Å². The number of ether oxygens (including phenoxy) is 1. The number of carbonyl (C=O) groups is 1. The fourth-order valence-corrected chi connectivity index (χ4v) is 4.43. The Bertz CT molecular complexity index is 990. The minimum atomic E-state index is -0.296. The van der Waals surface area contributed by atoms with Crippen LogP contribution in [0.4, 0.5) is 0 Å². The summed E-state index contributed by atoms with van der Waals surface area (Å²) in [5.74, 6) is -0.296. The van der Waals surface area contributed by atoms with Crippen molar-refractivity contribution in [3.05, 3.63) is 70.4 Å². The van der Waals surface area contributed by atoms with Crippen LogP contribution in [0.1, 0.15) is 32.4 Å². The largest absolute Gasteiger partial charge is 0.463 e. The lowest BCUT2D eigenvalue weighted by molar-refractivity contribution is -0.139. The highest BCUT2D eigenvalue weighted by molar-refractivity contribution is 8.16. The lowest BCUT2D eigenvalue weighted by Crippen LogP contribution is -2.36. The molecule has 2 aromatic carbocycles. The number of esters is 1. The minimum Gasteiger partial charge on any atom is -0.463 e. The molecule has 0 radical (unpaired) electrons. The van der Waals surface area contributed by atoms with Crippen molar-refractivity contribution in [1.29, 1.82) is 0 Å². The quantitative estimate of drug-likeness (QED) is 0.719. The van der Waals surface area contributed by atoms with Gasteiger partial charge in [-0.3, -0.25) is 0 Å². The van der Waals surface area contributed by atoms with Crippen molar-refractivity contribution in [1.82, 2.24) is 4.90 Å². The van der Waals surface area contributed by atoms with Crippen LogP contribution in [0.25, 0.3) is 10.8 Å². The minimum absolute atomic E-state index is 0.225. The zero-order valence-electron chi connectivity index (χ0n) is 15.0. The molecule has 1 atom stereocenters. The Labute approximate surface area is 157 Å². The van der Waals surface area contributed by atoms with Gasteiger partial charge in [0, 0.05) is 5.70 Å². The second-order valence-corrected chi connectivity index (χ2v) is 7.21. The van der Waals surface area contributed by atoms with Crippen LogP contribution < -0.4 is 0 Å². The Morgan fingerprint density at radius 3 is 2.73 bits per heavy atom. The number of hydrogen-bond acceptors (Lipinski definition) is 5. The molecule has 0 aromatic heterocycles. The molecule has 5 heteroatoms. The molecular weight excluding hydrogens is 344 g/mol. The molecule has 0 saturated carbocycles.